The Bertz CT molecular complexity index is 828. The molecule has 4 nitrogen and oxygen atoms in total. The highest BCUT2D eigenvalue weighted by atomic mass is 16.6. The average Bonchev–Trinajstić information content (AvgIpc) is 3.35. The molecule has 1 N–H and O–H groups in total. The van der Waals surface area contributed by atoms with Gasteiger partial charge in [-0.3, -0.25) is 0 Å². The number of esters is 1. The molecule has 0 aromatic heterocycles. The summed E-state index contributed by atoms with van der Waals surface area (Å²) in [6, 6.07) is 0. The Morgan fingerprint density at radius 3 is 2.89 bits per heavy atom. The van der Waals surface area contributed by atoms with Crippen LogP contribution in [0.15, 0.2) is 29.0 Å². The zero-order valence-corrected chi connectivity index (χ0v) is 16.9. The lowest BCUT2D eigenvalue weighted by atomic mass is 9.46. The molecule has 4 fully saturated rings. The number of allylic oxidation sites excluding steroid dienone is 2. The van der Waals surface area contributed by atoms with Crippen molar-refractivity contribution in [3.05, 3.63) is 23.8 Å². The molecule has 5 aliphatic carbocycles. The highest BCUT2D eigenvalue weighted by Gasteiger charge is 2.79. The van der Waals surface area contributed by atoms with Crippen LogP contribution in [0.3, 0.4) is 0 Å². The van der Waals surface area contributed by atoms with E-state index in [1.165, 1.54) is 24.8 Å². The Morgan fingerprint density at radius 2 is 2.18 bits per heavy atom. The molecule has 0 bridgehead atoms. The lowest BCUT2D eigenvalue weighted by molar-refractivity contribution is -0.174. The molecule has 0 amide bonds. The fraction of sp³-hybridized carbons (Fsp3) is 0.750. The number of hydrogen-bond acceptors (Lipinski definition) is 4. The maximum Gasteiger partial charge on any atom is 0.331 e. The van der Waals surface area contributed by atoms with Gasteiger partial charge in [0, 0.05) is 17.4 Å². The van der Waals surface area contributed by atoms with Crippen molar-refractivity contribution >= 4 is 11.7 Å². The topological polar surface area (TPSA) is 58.9 Å². The molecule has 28 heavy (non-hydrogen) atoms. The van der Waals surface area contributed by atoms with E-state index in [0.717, 1.165) is 49.1 Å². The molecule has 150 valence electrons. The van der Waals surface area contributed by atoms with Crippen LogP contribution in [0.5, 0.6) is 0 Å². The molecule has 0 radical (unpaired) electrons. The third-order valence-electron chi connectivity index (χ3n) is 9.87. The number of fused-ring (bicyclic) bond motifs is 9. The molecule has 1 heterocycles. The zero-order valence-electron chi connectivity index (χ0n) is 16.9. The predicted octanol–water partition coefficient (Wildman–Crippen LogP) is 4.73. The summed E-state index contributed by atoms with van der Waals surface area (Å²) in [5.74, 6) is 4.68. The lowest BCUT2D eigenvalue weighted by Gasteiger charge is -2.59. The molecule has 9 atom stereocenters. The lowest BCUT2D eigenvalue weighted by Crippen LogP contribution is -2.57. The number of hydrogen-bond donors (Lipinski definition) is 1. The molecular formula is C24H31NO3. The van der Waals surface area contributed by atoms with E-state index in [1.54, 1.807) is 6.08 Å². The van der Waals surface area contributed by atoms with E-state index in [9.17, 15) is 10.0 Å². The summed E-state index contributed by atoms with van der Waals surface area (Å²) in [5.41, 5.74) is 2.23. The first-order valence-corrected chi connectivity index (χ1v) is 11.4. The molecule has 6 unspecified atom stereocenters. The van der Waals surface area contributed by atoms with E-state index in [2.05, 4.69) is 31.2 Å². The quantitative estimate of drug-likeness (QED) is 0.406. The third-order valence-corrected chi connectivity index (χ3v) is 9.87. The van der Waals surface area contributed by atoms with E-state index in [4.69, 9.17) is 4.74 Å². The summed E-state index contributed by atoms with van der Waals surface area (Å²) in [6.45, 7) is 4.78. The van der Waals surface area contributed by atoms with E-state index in [0.29, 0.717) is 23.7 Å². The van der Waals surface area contributed by atoms with E-state index < -0.39 is 0 Å². The summed E-state index contributed by atoms with van der Waals surface area (Å²) in [5, 5.41) is 12.7. The van der Waals surface area contributed by atoms with Crippen LogP contribution in [-0.4, -0.2) is 22.5 Å². The number of ether oxygens (including phenoxy) is 1. The first kappa shape index (κ1) is 17.3. The van der Waals surface area contributed by atoms with Crippen molar-refractivity contribution in [3.63, 3.8) is 0 Å². The number of carbonyl (C=O) groups excluding carboxylic acids is 1. The summed E-state index contributed by atoms with van der Waals surface area (Å²) in [4.78, 5) is 12.1. The molecule has 0 aromatic rings. The predicted molar refractivity (Wildman–Crippen MR) is 106 cm³/mol. The first-order chi connectivity index (χ1) is 13.5. The van der Waals surface area contributed by atoms with Gasteiger partial charge in [0.05, 0.1) is 5.71 Å². The largest absolute Gasteiger partial charge is 0.451 e. The maximum atomic E-state index is 12.1. The van der Waals surface area contributed by atoms with Gasteiger partial charge in [-0.25, -0.2) is 4.79 Å². The maximum absolute atomic E-state index is 12.1. The smallest absolute Gasteiger partial charge is 0.331 e. The van der Waals surface area contributed by atoms with Crippen LogP contribution in [-0.2, 0) is 9.53 Å². The van der Waals surface area contributed by atoms with Crippen molar-refractivity contribution in [3.8, 4) is 0 Å². The summed E-state index contributed by atoms with van der Waals surface area (Å²) >= 11 is 0. The van der Waals surface area contributed by atoms with Crippen LogP contribution in [0.4, 0.5) is 0 Å². The van der Waals surface area contributed by atoms with Gasteiger partial charge in [-0.1, -0.05) is 24.6 Å². The van der Waals surface area contributed by atoms with Crippen molar-refractivity contribution < 1.29 is 14.7 Å². The van der Waals surface area contributed by atoms with Crippen molar-refractivity contribution in [1.82, 2.24) is 0 Å². The van der Waals surface area contributed by atoms with E-state index >= 15 is 0 Å². The molecule has 6 rings (SSSR count). The minimum absolute atomic E-state index is 0.119. The van der Waals surface area contributed by atoms with Gasteiger partial charge in [0.1, 0.15) is 5.60 Å². The van der Waals surface area contributed by atoms with Crippen molar-refractivity contribution in [2.75, 3.05) is 0 Å². The first-order valence-electron chi connectivity index (χ1n) is 11.4. The van der Waals surface area contributed by atoms with Crippen LogP contribution in [0.25, 0.3) is 0 Å². The molecule has 1 spiro atoms. The van der Waals surface area contributed by atoms with Gasteiger partial charge in [-0.05, 0) is 92.6 Å². The molecule has 1 aliphatic heterocycles. The molecule has 4 saturated carbocycles. The number of oxime groups is 1. The Morgan fingerprint density at radius 1 is 1.32 bits per heavy atom. The number of carbonyl (C=O) groups is 1. The summed E-state index contributed by atoms with van der Waals surface area (Å²) < 4.78 is 6.17. The molecule has 0 aromatic carbocycles. The highest BCUT2D eigenvalue weighted by Crippen LogP contribution is 2.79. The van der Waals surface area contributed by atoms with Gasteiger partial charge < -0.3 is 9.94 Å². The third kappa shape index (κ3) is 1.88. The second-order valence-electron chi connectivity index (χ2n) is 10.5. The Balaban J connectivity index is 1.41. The van der Waals surface area contributed by atoms with Crippen LogP contribution >= 0.6 is 0 Å². The van der Waals surface area contributed by atoms with Crippen molar-refractivity contribution in [2.24, 2.45) is 52.0 Å². The Hall–Kier alpha value is -1.58. The van der Waals surface area contributed by atoms with Crippen molar-refractivity contribution in [2.45, 2.75) is 64.4 Å². The Kier molecular flexibility index (Phi) is 3.41. The van der Waals surface area contributed by atoms with Crippen LogP contribution in [0.2, 0.25) is 0 Å². The van der Waals surface area contributed by atoms with Gasteiger partial charge in [-0.2, -0.15) is 0 Å². The molecule has 0 saturated heterocycles. The van der Waals surface area contributed by atoms with E-state index in [1.807, 2.05) is 0 Å². The Labute approximate surface area is 167 Å². The van der Waals surface area contributed by atoms with Crippen LogP contribution in [0, 0.1) is 46.8 Å². The second kappa shape index (κ2) is 5.52. The zero-order chi connectivity index (χ0) is 19.3. The molecular weight excluding hydrogens is 350 g/mol. The van der Waals surface area contributed by atoms with Crippen molar-refractivity contribution in [1.29, 1.82) is 0 Å². The number of rotatable bonds is 1. The fourth-order valence-electron chi connectivity index (χ4n) is 9.04. The van der Waals surface area contributed by atoms with Gasteiger partial charge in [0.25, 0.3) is 0 Å². The van der Waals surface area contributed by atoms with Gasteiger partial charge in [0.15, 0.2) is 0 Å². The van der Waals surface area contributed by atoms with E-state index in [-0.39, 0.29) is 17.0 Å². The van der Waals surface area contributed by atoms with Crippen LogP contribution in [0.1, 0.15) is 58.8 Å². The highest BCUT2D eigenvalue weighted by molar-refractivity contribution is 5.96. The van der Waals surface area contributed by atoms with Gasteiger partial charge in [0.2, 0.25) is 0 Å². The summed E-state index contributed by atoms with van der Waals surface area (Å²) in [7, 11) is 0. The molecule has 6 aliphatic rings. The fourth-order valence-corrected chi connectivity index (χ4v) is 9.04. The van der Waals surface area contributed by atoms with Gasteiger partial charge >= 0.3 is 5.97 Å². The SMILES string of the molecule is CC[C@]12CCC3C(C(C)CC4=C/C(=N/O)CC[C@@H]43)C1C1CC1[C@@]21C=CC(=O)O1. The average molecular weight is 382 g/mol. The second-order valence-corrected chi connectivity index (χ2v) is 10.5. The van der Waals surface area contributed by atoms with Crippen LogP contribution < -0.4 is 0 Å². The summed E-state index contributed by atoms with van der Waals surface area (Å²) in [6.07, 6.45) is 14.1. The standard InChI is InChI=1S/C24H31NO3/c1-3-23-8-6-17-16-5-4-15(25-27)11-14(16)10-13(2)21(17)22(23)18-12-19(18)24(23)9-7-20(26)28-24/h7,9,11,13,16-19,21-22,27H,3-6,8,10,12H2,1-2H3/b25-15+/t13?,16-,17?,18?,19?,21?,22?,23-,24-/m0/s1. The minimum Gasteiger partial charge on any atom is -0.451 e. The van der Waals surface area contributed by atoms with Gasteiger partial charge in [-0.15, -0.1) is 0 Å². The monoisotopic (exact) mass is 381 g/mol. The minimum atomic E-state index is -0.307. The normalized spacial score (nSPS) is 54.6. The number of nitrogens with zero attached hydrogens (tertiary/aromatic N) is 1. The molecule has 4 heteroatoms.